The minimum absolute atomic E-state index is 0.0417. The van der Waals surface area contributed by atoms with Crippen molar-refractivity contribution in [2.45, 2.75) is 204 Å². The van der Waals surface area contributed by atoms with Crippen molar-refractivity contribution in [3.8, 4) is 0 Å². The van der Waals surface area contributed by atoms with E-state index in [1.807, 2.05) is 38.1 Å². The molecule has 2 heterocycles. The first-order valence-corrected chi connectivity index (χ1v) is 30.2. The molecule has 6 rings (SSSR count). The third-order valence-electron chi connectivity index (χ3n) is 15.7. The Morgan fingerprint density at radius 2 is 0.972 bits per heavy atom. The van der Waals surface area contributed by atoms with Crippen LogP contribution in [0.5, 0.6) is 0 Å². The smallest absolute Gasteiger partial charge is 0.187 e. The lowest BCUT2D eigenvalue weighted by Crippen LogP contribution is -2.43. The second-order valence-electron chi connectivity index (χ2n) is 22.7. The summed E-state index contributed by atoms with van der Waals surface area (Å²) in [6.45, 7) is 22.8. The van der Waals surface area contributed by atoms with Gasteiger partial charge in [-0.1, -0.05) is 149 Å². The maximum absolute atomic E-state index is 15.0. The van der Waals surface area contributed by atoms with Crippen molar-refractivity contribution in [2.24, 2.45) is 22.7 Å². The molecule has 4 aliphatic rings. The molecule has 0 spiro atoms. The van der Waals surface area contributed by atoms with Gasteiger partial charge >= 0.3 is 0 Å². The van der Waals surface area contributed by atoms with E-state index >= 15 is 0 Å². The fourth-order valence-corrected chi connectivity index (χ4v) is 15.1. The molecule has 2 aliphatic heterocycles. The lowest BCUT2D eigenvalue weighted by atomic mass is 9.72. The number of rotatable bonds is 22. The van der Waals surface area contributed by atoms with E-state index in [0.717, 1.165) is 62.5 Å². The molecular formula is C62H88O8S2. The summed E-state index contributed by atoms with van der Waals surface area (Å²) in [7, 11) is -7.88. The second kappa shape index (κ2) is 26.2. The van der Waals surface area contributed by atoms with Gasteiger partial charge in [-0.05, 0) is 176 Å². The quantitative estimate of drug-likeness (QED) is 0.0848. The lowest BCUT2D eigenvalue weighted by Gasteiger charge is -2.35. The predicted molar refractivity (Wildman–Crippen MR) is 295 cm³/mol. The number of sulfone groups is 2. The van der Waals surface area contributed by atoms with Crippen LogP contribution in [0.4, 0.5) is 0 Å². The SMILES string of the molecule is CC1=C(/C=C/C(C)=C/C(C(OC2CCCCO2)C(C)C/C=C/CC(C)C(OC2CCCCO2)C(/C=C(C)/C=C/C2=C(C)CCCC2(C)C)S(=O)(=O)c2ccccc2)S(=O)(=O)c2ccccc2)C(C)(C)CCC1. The van der Waals surface area contributed by atoms with Crippen LogP contribution in [-0.4, -0.2) is 65.3 Å². The first kappa shape index (κ1) is 57.6. The Hall–Kier alpha value is -3.64. The highest BCUT2D eigenvalue weighted by molar-refractivity contribution is 7.92. The van der Waals surface area contributed by atoms with Crippen LogP contribution < -0.4 is 0 Å². The van der Waals surface area contributed by atoms with Crippen molar-refractivity contribution < 1.29 is 35.8 Å². The van der Waals surface area contributed by atoms with Gasteiger partial charge in [-0.25, -0.2) is 16.8 Å². The van der Waals surface area contributed by atoms with Crippen molar-refractivity contribution in [3.63, 3.8) is 0 Å². The summed E-state index contributed by atoms with van der Waals surface area (Å²) >= 11 is 0. The minimum Gasteiger partial charge on any atom is -0.353 e. The van der Waals surface area contributed by atoms with E-state index in [1.165, 1.54) is 35.1 Å². The number of hydrogen-bond acceptors (Lipinski definition) is 8. The van der Waals surface area contributed by atoms with E-state index in [9.17, 15) is 16.8 Å². The summed E-state index contributed by atoms with van der Waals surface area (Å²) in [4.78, 5) is 0.505. The van der Waals surface area contributed by atoms with Gasteiger partial charge in [0, 0.05) is 13.2 Å². The van der Waals surface area contributed by atoms with Gasteiger partial charge in [-0.2, -0.15) is 0 Å². The van der Waals surface area contributed by atoms with Crippen molar-refractivity contribution in [1.29, 1.82) is 0 Å². The van der Waals surface area contributed by atoms with Gasteiger partial charge in [0.2, 0.25) is 0 Å². The van der Waals surface area contributed by atoms with E-state index in [0.29, 0.717) is 38.9 Å². The van der Waals surface area contributed by atoms with Crippen LogP contribution >= 0.6 is 0 Å². The molecule has 0 radical (unpaired) electrons. The van der Waals surface area contributed by atoms with Crippen molar-refractivity contribution >= 4 is 19.7 Å². The highest BCUT2D eigenvalue weighted by Gasteiger charge is 2.41. The molecule has 2 fully saturated rings. The Labute approximate surface area is 436 Å². The molecule has 0 aromatic heterocycles. The Morgan fingerprint density at radius 3 is 1.31 bits per heavy atom. The molecular weight excluding hydrogens is 937 g/mol. The zero-order valence-electron chi connectivity index (χ0n) is 45.4. The summed E-state index contributed by atoms with van der Waals surface area (Å²) in [6, 6.07) is 17.4. The average Bonchev–Trinajstić information content (AvgIpc) is 3.35. The monoisotopic (exact) mass is 1020 g/mol. The standard InChI is InChI=1S/C62H88O8S2/c1-45(35-37-53-47(3)27-23-39-61(53,7)8)43-55(71(63,64)51-29-13-11-14-30-51)59(69-57-33-19-21-41-67-57)49(5)25-17-18-26-50(6)60(70-58-34-20-22-42-68-58)56(72(65,66)52-31-15-12-16-32-52)44-46(2)36-38-54-48(4)28-24-40-62(54,9)10/h11-18,29-32,35-38,43-44,49-50,55-60H,19-28,33-34,39-42H2,1-10H3/b18-17+,37-35+,38-36+,45-43+,46-44+. The van der Waals surface area contributed by atoms with Gasteiger partial charge in [-0.3, -0.25) is 0 Å². The number of ether oxygens (including phenoxy) is 4. The largest absolute Gasteiger partial charge is 0.353 e. The molecule has 0 bridgehead atoms. The molecule has 396 valence electrons. The Morgan fingerprint density at radius 1 is 0.597 bits per heavy atom. The van der Waals surface area contributed by atoms with Crippen LogP contribution in [0.15, 0.2) is 153 Å². The minimum atomic E-state index is -3.94. The van der Waals surface area contributed by atoms with Gasteiger partial charge < -0.3 is 18.9 Å². The van der Waals surface area contributed by atoms with E-state index in [4.69, 9.17) is 18.9 Å². The van der Waals surface area contributed by atoms with Gasteiger partial charge in [0.1, 0.15) is 10.5 Å². The van der Waals surface area contributed by atoms with Gasteiger partial charge in [-0.15, -0.1) is 0 Å². The molecule has 0 saturated carbocycles. The van der Waals surface area contributed by atoms with Gasteiger partial charge in [0.25, 0.3) is 0 Å². The summed E-state index contributed by atoms with van der Waals surface area (Å²) in [6.07, 6.45) is 26.9. The molecule has 72 heavy (non-hydrogen) atoms. The molecule has 8 unspecified atom stereocenters. The van der Waals surface area contributed by atoms with Gasteiger partial charge in [0.05, 0.1) is 22.0 Å². The maximum Gasteiger partial charge on any atom is 0.187 e. The van der Waals surface area contributed by atoms with Crippen LogP contribution in [0, 0.1) is 22.7 Å². The van der Waals surface area contributed by atoms with Crippen molar-refractivity contribution in [2.75, 3.05) is 13.2 Å². The van der Waals surface area contributed by atoms with E-state index in [-0.39, 0.29) is 32.5 Å². The van der Waals surface area contributed by atoms with Crippen LogP contribution in [0.25, 0.3) is 0 Å². The fourth-order valence-electron chi connectivity index (χ4n) is 11.3. The third kappa shape index (κ3) is 15.5. The predicted octanol–water partition coefficient (Wildman–Crippen LogP) is 15.2. The zero-order valence-corrected chi connectivity index (χ0v) is 47.0. The number of allylic oxidation sites excluding steroid dienone is 12. The highest BCUT2D eigenvalue weighted by Crippen LogP contribution is 2.42. The van der Waals surface area contributed by atoms with Crippen LogP contribution in [0.3, 0.4) is 0 Å². The summed E-state index contributed by atoms with van der Waals surface area (Å²) in [5, 5.41) is -2.00. The summed E-state index contributed by atoms with van der Waals surface area (Å²) in [5.74, 6) is -0.500. The highest BCUT2D eigenvalue weighted by atomic mass is 32.2. The van der Waals surface area contributed by atoms with Crippen LogP contribution in [-0.2, 0) is 38.6 Å². The van der Waals surface area contributed by atoms with E-state index < -0.39 is 55.0 Å². The molecule has 2 aromatic rings. The normalized spacial score (nSPS) is 24.4. The summed E-state index contributed by atoms with van der Waals surface area (Å²) in [5.41, 5.74) is 7.19. The van der Waals surface area contributed by atoms with Crippen molar-refractivity contribution in [1.82, 2.24) is 0 Å². The summed E-state index contributed by atoms with van der Waals surface area (Å²) < 4.78 is 85.9. The second-order valence-corrected chi connectivity index (χ2v) is 26.9. The molecule has 0 N–H and O–H groups in total. The number of benzene rings is 2. The van der Waals surface area contributed by atoms with E-state index in [1.54, 1.807) is 48.5 Å². The van der Waals surface area contributed by atoms with E-state index in [2.05, 4.69) is 91.8 Å². The first-order valence-electron chi connectivity index (χ1n) is 27.1. The van der Waals surface area contributed by atoms with Crippen LogP contribution in [0.2, 0.25) is 0 Å². The Balaban J connectivity index is 1.33. The molecule has 2 aliphatic carbocycles. The maximum atomic E-state index is 15.0. The number of hydrogen-bond donors (Lipinski definition) is 0. The van der Waals surface area contributed by atoms with Crippen LogP contribution in [0.1, 0.15) is 159 Å². The average molecular weight is 1030 g/mol. The fraction of sp³-hybridized carbons (Fsp3) is 0.581. The molecule has 0 amide bonds. The first-order chi connectivity index (χ1) is 34.2. The third-order valence-corrected chi connectivity index (χ3v) is 19.8. The molecule has 2 saturated heterocycles. The lowest BCUT2D eigenvalue weighted by molar-refractivity contribution is -0.195. The molecule has 8 nitrogen and oxygen atoms in total. The Kier molecular flexibility index (Phi) is 21.0. The topological polar surface area (TPSA) is 105 Å². The zero-order chi connectivity index (χ0) is 52.1. The Bertz CT molecular complexity index is 2340. The molecule has 10 heteroatoms. The molecule has 2 aromatic carbocycles. The van der Waals surface area contributed by atoms with Crippen molar-refractivity contribution in [3.05, 3.63) is 143 Å². The van der Waals surface area contributed by atoms with Gasteiger partial charge in [0.15, 0.2) is 32.3 Å². The molecule has 8 atom stereocenters.